The van der Waals surface area contributed by atoms with E-state index >= 15 is 0 Å². The Morgan fingerprint density at radius 2 is 2.00 bits per heavy atom. The van der Waals surface area contributed by atoms with E-state index in [4.69, 9.17) is 9.47 Å². The molecule has 5 nitrogen and oxygen atoms in total. The maximum Gasteiger partial charge on any atom is 0.314 e. The second-order valence-electron chi connectivity index (χ2n) is 3.97. The van der Waals surface area contributed by atoms with Crippen molar-refractivity contribution in [3.8, 4) is 11.5 Å². The highest BCUT2D eigenvalue weighted by Gasteiger charge is 2.17. The monoisotopic (exact) mass is 277 g/mol. The molecule has 20 heavy (non-hydrogen) atoms. The normalized spacial score (nSPS) is 10.1. The van der Waals surface area contributed by atoms with Crippen LogP contribution in [-0.2, 0) is 6.61 Å². The minimum absolute atomic E-state index is 0.0686. The van der Waals surface area contributed by atoms with E-state index in [2.05, 4.69) is 0 Å². The van der Waals surface area contributed by atoms with Gasteiger partial charge in [0.05, 0.1) is 18.1 Å². The first-order chi connectivity index (χ1) is 9.61. The summed E-state index contributed by atoms with van der Waals surface area (Å²) >= 11 is 0. The molecule has 2 aromatic rings. The molecule has 0 aliphatic heterocycles. The number of hydrogen-bond acceptors (Lipinski definition) is 4. The maximum atomic E-state index is 13.4. The van der Waals surface area contributed by atoms with E-state index in [9.17, 15) is 14.5 Å². The van der Waals surface area contributed by atoms with Crippen molar-refractivity contribution in [1.82, 2.24) is 0 Å². The third-order valence-electron chi connectivity index (χ3n) is 2.70. The molecule has 104 valence electrons. The van der Waals surface area contributed by atoms with Gasteiger partial charge in [-0.05, 0) is 18.2 Å². The Hall–Kier alpha value is -2.63. The topological polar surface area (TPSA) is 61.6 Å². The number of rotatable bonds is 5. The quantitative estimate of drug-likeness (QED) is 0.621. The van der Waals surface area contributed by atoms with Crippen LogP contribution >= 0.6 is 0 Å². The van der Waals surface area contributed by atoms with Crippen molar-refractivity contribution in [2.75, 3.05) is 7.11 Å². The van der Waals surface area contributed by atoms with Gasteiger partial charge in [0.1, 0.15) is 18.2 Å². The Labute approximate surface area is 114 Å². The number of nitro groups is 1. The van der Waals surface area contributed by atoms with Crippen molar-refractivity contribution < 1.29 is 18.8 Å². The lowest BCUT2D eigenvalue weighted by Crippen LogP contribution is -2.01. The molecule has 0 aliphatic carbocycles. The minimum atomic E-state index is -0.570. The Morgan fingerprint density at radius 3 is 2.65 bits per heavy atom. The summed E-state index contributed by atoms with van der Waals surface area (Å²) < 4.78 is 23.7. The van der Waals surface area contributed by atoms with Crippen molar-refractivity contribution >= 4 is 5.69 Å². The molecule has 0 saturated carbocycles. The van der Waals surface area contributed by atoms with E-state index in [1.807, 2.05) is 0 Å². The smallest absolute Gasteiger partial charge is 0.314 e. The van der Waals surface area contributed by atoms with Crippen molar-refractivity contribution in [2.45, 2.75) is 6.61 Å². The third-order valence-corrected chi connectivity index (χ3v) is 2.70. The first kappa shape index (κ1) is 13.8. The minimum Gasteiger partial charge on any atom is -0.496 e. The van der Waals surface area contributed by atoms with Gasteiger partial charge >= 0.3 is 5.69 Å². The van der Waals surface area contributed by atoms with Crippen molar-refractivity contribution in [3.63, 3.8) is 0 Å². The lowest BCUT2D eigenvalue weighted by molar-refractivity contribution is -0.386. The number of halogens is 1. The summed E-state index contributed by atoms with van der Waals surface area (Å²) in [5, 5.41) is 11.0. The van der Waals surface area contributed by atoms with Crippen LogP contribution in [0.25, 0.3) is 0 Å². The molecular formula is C14H12FNO4. The van der Waals surface area contributed by atoms with E-state index in [0.717, 1.165) is 0 Å². The molecule has 0 heterocycles. The highest BCUT2D eigenvalue weighted by atomic mass is 19.1. The molecule has 0 atom stereocenters. The zero-order valence-electron chi connectivity index (χ0n) is 10.7. The van der Waals surface area contributed by atoms with Crippen molar-refractivity contribution in [2.24, 2.45) is 0 Å². The fraction of sp³-hybridized carbons (Fsp3) is 0.143. The molecule has 0 radical (unpaired) electrons. The number of nitro benzene ring substituents is 1. The zero-order chi connectivity index (χ0) is 14.5. The number of hydrogen-bond donors (Lipinski definition) is 0. The second kappa shape index (κ2) is 6.01. The lowest BCUT2D eigenvalue weighted by atomic mass is 10.2. The molecule has 0 fully saturated rings. The average Bonchev–Trinajstić information content (AvgIpc) is 2.46. The first-order valence-corrected chi connectivity index (χ1v) is 5.80. The molecule has 0 amide bonds. The summed E-state index contributed by atoms with van der Waals surface area (Å²) in [6.45, 7) is -0.0835. The van der Waals surface area contributed by atoms with Gasteiger partial charge in [-0.3, -0.25) is 10.1 Å². The standard InChI is InChI=1S/C14H12FNO4/c1-19-11-6-7-14(13(8-11)16(17)18)20-9-10-4-2-3-5-12(10)15/h2-8H,9H2,1H3. The molecule has 0 saturated heterocycles. The van der Waals surface area contributed by atoms with Crippen LogP contribution in [0.1, 0.15) is 5.56 Å². The Kier molecular flexibility index (Phi) is 4.14. The molecule has 0 bridgehead atoms. The van der Waals surface area contributed by atoms with E-state index in [-0.39, 0.29) is 18.0 Å². The van der Waals surface area contributed by atoms with E-state index in [0.29, 0.717) is 11.3 Å². The molecule has 0 aliphatic rings. The largest absolute Gasteiger partial charge is 0.496 e. The Morgan fingerprint density at radius 1 is 1.25 bits per heavy atom. The predicted octanol–water partition coefficient (Wildman–Crippen LogP) is 3.32. The van der Waals surface area contributed by atoms with Gasteiger partial charge in [0.15, 0.2) is 5.75 Å². The maximum absolute atomic E-state index is 13.4. The molecule has 0 spiro atoms. The molecule has 0 N–H and O–H groups in total. The van der Waals surface area contributed by atoms with Gasteiger partial charge in [0.25, 0.3) is 0 Å². The number of ether oxygens (including phenoxy) is 2. The van der Waals surface area contributed by atoms with Crippen LogP contribution in [0.15, 0.2) is 42.5 Å². The highest BCUT2D eigenvalue weighted by Crippen LogP contribution is 2.31. The second-order valence-corrected chi connectivity index (χ2v) is 3.97. The molecule has 2 rings (SSSR count). The van der Waals surface area contributed by atoms with Gasteiger partial charge in [0.2, 0.25) is 0 Å². The summed E-state index contributed by atoms with van der Waals surface area (Å²) in [5.74, 6) is 0.0117. The summed E-state index contributed by atoms with van der Waals surface area (Å²) in [6, 6.07) is 10.3. The average molecular weight is 277 g/mol. The fourth-order valence-corrected chi connectivity index (χ4v) is 1.66. The zero-order valence-corrected chi connectivity index (χ0v) is 10.7. The fourth-order valence-electron chi connectivity index (χ4n) is 1.66. The van der Waals surface area contributed by atoms with E-state index in [1.165, 1.54) is 25.3 Å². The summed E-state index contributed by atoms with van der Waals surface area (Å²) in [5.41, 5.74) is 0.110. The van der Waals surface area contributed by atoms with Gasteiger partial charge in [-0.2, -0.15) is 0 Å². The number of nitrogens with zero attached hydrogens (tertiary/aromatic N) is 1. The Bertz CT molecular complexity index is 630. The molecule has 0 unspecified atom stereocenters. The molecule has 0 aromatic heterocycles. The van der Waals surface area contributed by atoms with E-state index < -0.39 is 10.7 Å². The number of methoxy groups -OCH3 is 1. The van der Waals surface area contributed by atoms with Crippen LogP contribution < -0.4 is 9.47 Å². The van der Waals surface area contributed by atoms with Crippen LogP contribution in [0.4, 0.5) is 10.1 Å². The van der Waals surface area contributed by atoms with Crippen LogP contribution in [0.3, 0.4) is 0 Å². The SMILES string of the molecule is COc1ccc(OCc2ccccc2F)c([N+](=O)[O-])c1. The summed E-state index contributed by atoms with van der Waals surface area (Å²) in [6.07, 6.45) is 0. The Balaban J connectivity index is 2.21. The predicted molar refractivity (Wildman–Crippen MR) is 70.4 cm³/mol. The first-order valence-electron chi connectivity index (χ1n) is 5.80. The summed E-state index contributed by atoms with van der Waals surface area (Å²) in [4.78, 5) is 10.4. The molecular weight excluding hydrogens is 265 g/mol. The summed E-state index contributed by atoms with van der Waals surface area (Å²) in [7, 11) is 1.42. The number of benzene rings is 2. The van der Waals surface area contributed by atoms with Crippen LogP contribution in [0, 0.1) is 15.9 Å². The highest BCUT2D eigenvalue weighted by molar-refractivity contribution is 5.51. The van der Waals surface area contributed by atoms with Gasteiger partial charge in [-0.15, -0.1) is 0 Å². The lowest BCUT2D eigenvalue weighted by Gasteiger charge is -2.08. The molecule has 2 aromatic carbocycles. The van der Waals surface area contributed by atoms with Crippen LogP contribution in [0.5, 0.6) is 11.5 Å². The van der Waals surface area contributed by atoms with Gasteiger partial charge in [0, 0.05) is 5.56 Å². The van der Waals surface area contributed by atoms with Gasteiger partial charge in [-0.25, -0.2) is 4.39 Å². The molecule has 6 heteroatoms. The third kappa shape index (κ3) is 3.03. The van der Waals surface area contributed by atoms with Crippen molar-refractivity contribution in [3.05, 3.63) is 64.0 Å². The van der Waals surface area contributed by atoms with Crippen LogP contribution in [0.2, 0.25) is 0 Å². The van der Waals surface area contributed by atoms with Crippen LogP contribution in [-0.4, -0.2) is 12.0 Å². The van der Waals surface area contributed by atoms with Crippen molar-refractivity contribution in [1.29, 1.82) is 0 Å². The van der Waals surface area contributed by atoms with Gasteiger partial charge < -0.3 is 9.47 Å². The van der Waals surface area contributed by atoms with E-state index in [1.54, 1.807) is 24.3 Å². The van der Waals surface area contributed by atoms with Gasteiger partial charge in [-0.1, -0.05) is 18.2 Å².